The van der Waals surface area contributed by atoms with Crippen molar-refractivity contribution in [2.45, 2.75) is 12.3 Å². The molecule has 1 atom stereocenters. The second-order valence-electron chi connectivity index (χ2n) is 3.27. The van der Waals surface area contributed by atoms with Crippen LogP contribution >= 0.6 is 11.6 Å². The molecule has 0 aliphatic heterocycles. The Bertz CT molecular complexity index is 483. The zero-order valence-corrected chi connectivity index (χ0v) is 9.72. The van der Waals surface area contributed by atoms with Gasteiger partial charge in [0.1, 0.15) is 5.75 Å². The molecular formula is C10H11ClN4O. The van der Waals surface area contributed by atoms with Gasteiger partial charge in [0, 0.05) is 6.07 Å². The summed E-state index contributed by atoms with van der Waals surface area (Å²) in [6.07, 6.45) is 0. The number of methoxy groups -OCH3 is 1. The zero-order chi connectivity index (χ0) is 11.5. The quantitative estimate of drug-likeness (QED) is 0.768. The summed E-state index contributed by atoms with van der Waals surface area (Å²) in [5.74, 6) is 1.36. The van der Waals surface area contributed by atoms with Gasteiger partial charge in [0.25, 0.3) is 0 Å². The van der Waals surface area contributed by atoms with E-state index in [1.165, 1.54) is 0 Å². The minimum absolute atomic E-state index is 0.249. The number of alkyl halides is 1. The largest absolute Gasteiger partial charge is 0.497 e. The first-order chi connectivity index (χ1) is 7.72. The topological polar surface area (TPSA) is 52.8 Å². The van der Waals surface area contributed by atoms with Gasteiger partial charge in [-0.05, 0) is 29.5 Å². The fraction of sp³-hybridized carbons (Fsp3) is 0.300. The van der Waals surface area contributed by atoms with Gasteiger partial charge in [0.2, 0.25) is 0 Å². The molecule has 0 N–H and O–H groups in total. The highest BCUT2D eigenvalue weighted by Gasteiger charge is 2.13. The average molecular weight is 239 g/mol. The van der Waals surface area contributed by atoms with Gasteiger partial charge in [-0.25, -0.2) is 0 Å². The maximum absolute atomic E-state index is 5.98. The van der Waals surface area contributed by atoms with Crippen molar-refractivity contribution in [1.29, 1.82) is 0 Å². The molecule has 1 aromatic carbocycles. The summed E-state index contributed by atoms with van der Waals surface area (Å²) in [6.45, 7) is 1.82. The first kappa shape index (κ1) is 10.9. The van der Waals surface area contributed by atoms with Crippen molar-refractivity contribution >= 4 is 11.6 Å². The van der Waals surface area contributed by atoms with Gasteiger partial charge in [-0.1, -0.05) is 6.07 Å². The van der Waals surface area contributed by atoms with E-state index in [2.05, 4.69) is 15.5 Å². The molecule has 5 nitrogen and oxygen atoms in total. The van der Waals surface area contributed by atoms with Crippen molar-refractivity contribution in [2.75, 3.05) is 7.11 Å². The van der Waals surface area contributed by atoms with Crippen LogP contribution in [0.4, 0.5) is 0 Å². The van der Waals surface area contributed by atoms with E-state index < -0.39 is 0 Å². The van der Waals surface area contributed by atoms with Crippen molar-refractivity contribution in [2.24, 2.45) is 0 Å². The van der Waals surface area contributed by atoms with Crippen molar-refractivity contribution in [3.8, 4) is 11.4 Å². The number of benzene rings is 1. The minimum Gasteiger partial charge on any atom is -0.497 e. The van der Waals surface area contributed by atoms with E-state index in [0.717, 1.165) is 11.4 Å². The van der Waals surface area contributed by atoms with E-state index in [1.807, 2.05) is 31.2 Å². The number of aromatic nitrogens is 4. The summed E-state index contributed by atoms with van der Waals surface area (Å²) in [6, 6.07) is 7.47. The molecule has 2 rings (SSSR count). The van der Waals surface area contributed by atoms with Crippen LogP contribution in [0.15, 0.2) is 24.3 Å². The lowest BCUT2D eigenvalue weighted by atomic mass is 10.3. The summed E-state index contributed by atoms with van der Waals surface area (Å²) in [5.41, 5.74) is 0.826. The summed E-state index contributed by atoms with van der Waals surface area (Å²) in [5, 5.41) is 11.1. The van der Waals surface area contributed by atoms with Crippen LogP contribution in [0.25, 0.3) is 5.69 Å². The van der Waals surface area contributed by atoms with E-state index in [1.54, 1.807) is 11.8 Å². The van der Waals surface area contributed by atoms with Crippen LogP contribution in [0.2, 0.25) is 0 Å². The molecule has 16 heavy (non-hydrogen) atoms. The minimum atomic E-state index is -0.249. The van der Waals surface area contributed by atoms with Gasteiger partial charge < -0.3 is 4.74 Å². The number of tetrazole rings is 1. The van der Waals surface area contributed by atoms with Gasteiger partial charge in [0.15, 0.2) is 5.82 Å². The predicted octanol–water partition coefficient (Wildman–Crippen LogP) is 1.97. The lowest BCUT2D eigenvalue weighted by Crippen LogP contribution is -2.03. The molecular weight excluding hydrogens is 228 g/mol. The summed E-state index contributed by atoms with van der Waals surface area (Å²) >= 11 is 5.98. The molecule has 0 amide bonds. The lowest BCUT2D eigenvalue weighted by Gasteiger charge is -2.07. The lowest BCUT2D eigenvalue weighted by molar-refractivity contribution is 0.414. The standard InChI is InChI=1S/C10H11ClN4O/c1-7(11)10-12-13-14-15(10)8-4-3-5-9(6-8)16-2/h3-7H,1-2H3. The smallest absolute Gasteiger partial charge is 0.174 e. The van der Waals surface area contributed by atoms with Gasteiger partial charge in [-0.15, -0.1) is 16.7 Å². The van der Waals surface area contributed by atoms with Gasteiger partial charge in [-0.2, -0.15) is 4.68 Å². The number of halogens is 1. The van der Waals surface area contributed by atoms with Crippen molar-refractivity contribution < 1.29 is 4.74 Å². The Balaban J connectivity index is 2.46. The molecule has 0 aliphatic rings. The SMILES string of the molecule is COc1cccc(-n2nnnc2C(C)Cl)c1. The van der Waals surface area contributed by atoms with Crippen LogP contribution in [0.3, 0.4) is 0 Å². The van der Waals surface area contributed by atoms with Crippen LogP contribution in [0, 0.1) is 0 Å². The number of hydrogen-bond acceptors (Lipinski definition) is 4. The molecule has 6 heteroatoms. The third-order valence-corrected chi connectivity index (χ3v) is 2.34. The monoisotopic (exact) mass is 238 g/mol. The maximum atomic E-state index is 5.98. The number of nitrogens with zero attached hydrogens (tertiary/aromatic N) is 4. The van der Waals surface area contributed by atoms with E-state index in [9.17, 15) is 0 Å². The molecule has 0 fully saturated rings. The molecule has 84 valence electrons. The first-order valence-electron chi connectivity index (χ1n) is 4.79. The van der Waals surface area contributed by atoms with E-state index in [4.69, 9.17) is 16.3 Å². The zero-order valence-electron chi connectivity index (χ0n) is 8.96. The summed E-state index contributed by atoms with van der Waals surface area (Å²) in [7, 11) is 1.61. The van der Waals surface area contributed by atoms with Crippen molar-refractivity contribution in [1.82, 2.24) is 20.2 Å². The third-order valence-electron chi connectivity index (χ3n) is 2.15. The molecule has 0 saturated heterocycles. The fourth-order valence-corrected chi connectivity index (χ4v) is 1.50. The number of ether oxygens (including phenoxy) is 1. The molecule has 1 unspecified atom stereocenters. The van der Waals surface area contributed by atoms with Crippen LogP contribution in [0.1, 0.15) is 18.1 Å². The highest BCUT2D eigenvalue weighted by atomic mass is 35.5. The Morgan fingerprint density at radius 1 is 1.44 bits per heavy atom. The molecule has 2 aromatic rings. The van der Waals surface area contributed by atoms with Crippen molar-refractivity contribution in [3.63, 3.8) is 0 Å². The fourth-order valence-electron chi connectivity index (χ4n) is 1.37. The van der Waals surface area contributed by atoms with Gasteiger partial charge in [-0.3, -0.25) is 0 Å². The highest BCUT2D eigenvalue weighted by molar-refractivity contribution is 6.20. The van der Waals surface area contributed by atoms with Crippen molar-refractivity contribution in [3.05, 3.63) is 30.1 Å². The molecule has 0 spiro atoms. The van der Waals surface area contributed by atoms with Crippen LogP contribution in [-0.2, 0) is 0 Å². The predicted molar refractivity (Wildman–Crippen MR) is 60.0 cm³/mol. The Morgan fingerprint density at radius 2 is 2.25 bits per heavy atom. The Hall–Kier alpha value is -1.62. The molecule has 1 heterocycles. The third kappa shape index (κ3) is 1.99. The number of rotatable bonds is 3. The second-order valence-corrected chi connectivity index (χ2v) is 3.92. The van der Waals surface area contributed by atoms with Crippen LogP contribution < -0.4 is 4.74 Å². The molecule has 0 aliphatic carbocycles. The maximum Gasteiger partial charge on any atom is 0.174 e. The Labute approximate surface area is 98.0 Å². The Morgan fingerprint density at radius 3 is 2.94 bits per heavy atom. The number of hydrogen-bond donors (Lipinski definition) is 0. The van der Waals surface area contributed by atoms with E-state index in [0.29, 0.717) is 5.82 Å². The molecule has 0 bridgehead atoms. The Kier molecular flexibility index (Phi) is 3.05. The van der Waals surface area contributed by atoms with Gasteiger partial charge in [0.05, 0.1) is 18.2 Å². The normalized spacial score (nSPS) is 12.4. The summed E-state index contributed by atoms with van der Waals surface area (Å²) < 4.78 is 6.74. The van der Waals surface area contributed by atoms with Crippen LogP contribution in [0.5, 0.6) is 5.75 Å². The van der Waals surface area contributed by atoms with E-state index in [-0.39, 0.29) is 5.38 Å². The second kappa shape index (κ2) is 4.49. The molecule has 0 saturated carbocycles. The molecule has 0 radical (unpaired) electrons. The van der Waals surface area contributed by atoms with E-state index >= 15 is 0 Å². The van der Waals surface area contributed by atoms with Crippen LogP contribution in [-0.4, -0.2) is 27.3 Å². The summed E-state index contributed by atoms with van der Waals surface area (Å²) in [4.78, 5) is 0. The van der Waals surface area contributed by atoms with Gasteiger partial charge >= 0.3 is 0 Å². The average Bonchev–Trinajstić information content (AvgIpc) is 2.78. The molecule has 1 aromatic heterocycles. The highest BCUT2D eigenvalue weighted by Crippen LogP contribution is 2.21. The first-order valence-corrected chi connectivity index (χ1v) is 5.23.